The number of nitrogens with one attached hydrogen (secondary N) is 1. The molecule has 1 aromatic heterocycles. The zero-order valence-electron chi connectivity index (χ0n) is 13.8. The van der Waals surface area contributed by atoms with Gasteiger partial charge in [-0.15, -0.1) is 0 Å². The number of aliphatic hydroxyl groups excluding tert-OH is 1. The molecule has 0 bridgehead atoms. The fraction of sp³-hybridized carbons (Fsp3) is 0.105. The summed E-state index contributed by atoms with van der Waals surface area (Å²) in [6.07, 6.45) is 0. The van der Waals surface area contributed by atoms with E-state index in [-0.39, 0.29) is 18.1 Å². The molecule has 0 saturated carbocycles. The van der Waals surface area contributed by atoms with Crippen molar-refractivity contribution in [3.8, 4) is 17.1 Å². The third-order valence-electron chi connectivity index (χ3n) is 3.72. The van der Waals surface area contributed by atoms with Gasteiger partial charge in [-0.1, -0.05) is 23.2 Å². The molecule has 26 heavy (non-hydrogen) atoms. The molecule has 0 aliphatic carbocycles. The molecule has 0 aliphatic rings. The lowest BCUT2D eigenvalue weighted by Crippen LogP contribution is -2.12. The van der Waals surface area contributed by atoms with Crippen LogP contribution in [0.15, 0.2) is 52.9 Å². The maximum atomic E-state index is 12.4. The van der Waals surface area contributed by atoms with Crippen molar-refractivity contribution < 1.29 is 19.1 Å². The largest absolute Gasteiger partial charge is 0.496 e. The van der Waals surface area contributed by atoms with Crippen molar-refractivity contribution in [2.75, 3.05) is 12.4 Å². The highest BCUT2D eigenvalue weighted by Gasteiger charge is 2.15. The van der Waals surface area contributed by atoms with Crippen molar-refractivity contribution in [1.82, 2.24) is 0 Å². The smallest absolute Gasteiger partial charge is 0.257 e. The van der Waals surface area contributed by atoms with E-state index in [2.05, 4.69) is 5.32 Å². The van der Waals surface area contributed by atoms with E-state index in [1.165, 1.54) is 13.2 Å². The molecule has 0 radical (unpaired) electrons. The third-order valence-corrected chi connectivity index (χ3v) is 4.28. The normalized spacial score (nSPS) is 10.6. The molecular weight excluding hydrogens is 377 g/mol. The Balaban J connectivity index is 1.87. The van der Waals surface area contributed by atoms with Gasteiger partial charge in [0, 0.05) is 16.8 Å². The minimum atomic E-state index is -0.382. The van der Waals surface area contributed by atoms with E-state index >= 15 is 0 Å². The summed E-state index contributed by atoms with van der Waals surface area (Å²) in [6.45, 7) is -0.184. The van der Waals surface area contributed by atoms with Crippen LogP contribution in [0.3, 0.4) is 0 Å². The van der Waals surface area contributed by atoms with Gasteiger partial charge in [-0.2, -0.15) is 0 Å². The van der Waals surface area contributed by atoms with Gasteiger partial charge in [-0.3, -0.25) is 4.79 Å². The number of aliphatic hydroxyl groups is 1. The maximum absolute atomic E-state index is 12.4. The van der Waals surface area contributed by atoms with E-state index in [4.69, 9.17) is 37.5 Å². The van der Waals surface area contributed by atoms with E-state index < -0.39 is 0 Å². The number of carbonyl (C=O) groups excluding carboxylic acids is 1. The van der Waals surface area contributed by atoms with Crippen LogP contribution in [0.1, 0.15) is 16.1 Å². The van der Waals surface area contributed by atoms with Crippen molar-refractivity contribution in [2.24, 2.45) is 0 Å². The van der Waals surface area contributed by atoms with Crippen LogP contribution in [-0.2, 0) is 6.61 Å². The molecule has 1 heterocycles. The fourth-order valence-corrected chi connectivity index (χ4v) is 2.83. The van der Waals surface area contributed by atoms with Crippen LogP contribution in [0, 0.1) is 0 Å². The maximum Gasteiger partial charge on any atom is 0.257 e. The van der Waals surface area contributed by atoms with Crippen molar-refractivity contribution in [3.05, 3.63) is 69.9 Å². The minimum absolute atomic E-state index is 0.184. The van der Waals surface area contributed by atoms with Gasteiger partial charge in [0.05, 0.1) is 23.3 Å². The van der Waals surface area contributed by atoms with E-state index in [0.717, 1.165) is 0 Å². The minimum Gasteiger partial charge on any atom is -0.496 e. The molecular formula is C19H15Cl2NO4. The second kappa shape index (κ2) is 7.83. The predicted octanol–water partition coefficient (Wildman–Crippen LogP) is 5.01. The highest BCUT2D eigenvalue weighted by Crippen LogP contribution is 2.34. The Labute approximate surface area is 160 Å². The first-order valence-electron chi connectivity index (χ1n) is 7.66. The molecule has 134 valence electrons. The second-order valence-electron chi connectivity index (χ2n) is 5.42. The van der Waals surface area contributed by atoms with Gasteiger partial charge in [-0.05, 0) is 42.5 Å². The Hall–Kier alpha value is -2.47. The fourth-order valence-electron chi connectivity index (χ4n) is 2.45. The van der Waals surface area contributed by atoms with E-state index in [1.807, 2.05) is 0 Å². The lowest BCUT2D eigenvalue weighted by atomic mass is 10.1. The standard InChI is InChI=1S/C19H15Cl2NO4/c1-25-18-9-12(3-5-14(18)17-7-4-13(10-23)26-17)22-19(24)15-8-11(20)2-6-16(15)21/h2-9,23H,10H2,1H3,(H,22,24). The first-order valence-corrected chi connectivity index (χ1v) is 8.42. The Morgan fingerprint density at radius 2 is 1.96 bits per heavy atom. The number of hydrogen-bond donors (Lipinski definition) is 2. The molecule has 1 amide bonds. The van der Waals surface area contributed by atoms with Gasteiger partial charge in [0.15, 0.2) is 0 Å². The highest BCUT2D eigenvalue weighted by molar-refractivity contribution is 6.36. The average molecular weight is 392 g/mol. The topological polar surface area (TPSA) is 71.7 Å². The zero-order valence-corrected chi connectivity index (χ0v) is 15.3. The lowest BCUT2D eigenvalue weighted by Gasteiger charge is -2.11. The molecule has 0 fully saturated rings. The number of halogens is 2. The van der Waals surface area contributed by atoms with Crippen LogP contribution >= 0.6 is 23.2 Å². The third kappa shape index (κ3) is 3.85. The molecule has 5 nitrogen and oxygen atoms in total. The molecule has 0 unspecified atom stereocenters. The van der Waals surface area contributed by atoms with Crippen molar-refractivity contribution >= 4 is 34.8 Å². The Bertz CT molecular complexity index is 952. The van der Waals surface area contributed by atoms with Crippen molar-refractivity contribution in [3.63, 3.8) is 0 Å². The van der Waals surface area contributed by atoms with Gasteiger partial charge in [0.2, 0.25) is 0 Å². The van der Waals surface area contributed by atoms with Crippen LogP contribution in [0.2, 0.25) is 10.0 Å². The summed E-state index contributed by atoms with van der Waals surface area (Å²) in [7, 11) is 1.52. The summed E-state index contributed by atoms with van der Waals surface area (Å²) >= 11 is 12.0. The molecule has 2 aromatic carbocycles. The lowest BCUT2D eigenvalue weighted by molar-refractivity contribution is 0.102. The Morgan fingerprint density at radius 3 is 2.65 bits per heavy atom. The van der Waals surface area contributed by atoms with Gasteiger partial charge in [0.25, 0.3) is 5.91 Å². The van der Waals surface area contributed by atoms with E-state index in [0.29, 0.717) is 38.6 Å². The summed E-state index contributed by atoms with van der Waals surface area (Å²) in [5.41, 5.74) is 1.51. The second-order valence-corrected chi connectivity index (χ2v) is 6.26. The van der Waals surface area contributed by atoms with Crippen LogP contribution in [-0.4, -0.2) is 18.1 Å². The van der Waals surface area contributed by atoms with Crippen molar-refractivity contribution in [2.45, 2.75) is 6.61 Å². The summed E-state index contributed by atoms with van der Waals surface area (Å²) < 4.78 is 10.9. The van der Waals surface area contributed by atoms with E-state index in [1.54, 1.807) is 42.5 Å². The number of amides is 1. The summed E-state index contributed by atoms with van der Waals surface area (Å²) in [5.74, 6) is 1.14. The summed E-state index contributed by atoms with van der Waals surface area (Å²) in [5, 5.41) is 12.6. The zero-order chi connectivity index (χ0) is 18.7. The molecule has 0 atom stereocenters. The van der Waals surface area contributed by atoms with Gasteiger partial charge in [-0.25, -0.2) is 0 Å². The number of anilines is 1. The summed E-state index contributed by atoms with van der Waals surface area (Å²) in [6, 6.07) is 13.3. The Morgan fingerprint density at radius 1 is 1.15 bits per heavy atom. The quantitative estimate of drug-likeness (QED) is 0.641. The van der Waals surface area contributed by atoms with Crippen LogP contribution in [0.4, 0.5) is 5.69 Å². The molecule has 3 rings (SSSR count). The Kier molecular flexibility index (Phi) is 5.52. The number of rotatable bonds is 5. The SMILES string of the molecule is COc1cc(NC(=O)c2cc(Cl)ccc2Cl)ccc1-c1ccc(CO)o1. The van der Waals surface area contributed by atoms with Gasteiger partial charge >= 0.3 is 0 Å². The molecule has 3 aromatic rings. The first-order chi connectivity index (χ1) is 12.5. The predicted molar refractivity (Wildman–Crippen MR) is 101 cm³/mol. The molecule has 0 saturated heterocycles. The highest BCUT2D eigenvalue weighted by atomic mass is 35.5. The summed E-state index contributed by atoms with van der Waals surface area (Å²) in [4.78, 5) is 12.4. The molecule has 0 aliphatic heterocycles. The number of methoxy groups -OCH3 is 1. The number of carbonyl (C=O) groups is 1. The monoisotopic (exact) mass is 391 g/mol. The van der Waals surface area contributed by atoms with Gasteiger partial charge in [0.1, 0.15) is 23.9 Å². The van der Waals surface area contributed by atoms with Crippen LogP contribution in [0.5, 0.6) is 5.75 Å². The van der Waals surface area contributed by atoms with E-state index in [9.17, 15) is 4.79 Å². The number of furan rings is 1. The molecule has 7 heteroatoms. The number of ether oxygens (including phenoxy) is 1. The average Bonchev–Trinajstić information content (AvgIpc) is 3.12. The first kappa shape index (κ1) is 18.3. The molecule has 0 spiro atoms. The number of benzene rings is 2. The molecule has 2 N–H and O–H groups in total. The van der Waals surface area contributed by atoms with Crippen LogP contribution in [0.25, 0.3) is 11.3 Å². The van der Waals surface area contributed by atoms with Crippen molar-refractivity contribution in [1.29, 1.82) is 0 Å². The van der Waals surface area contributed by atoms with Gasteiger partial charge < -0.3 is 19.6 Å². The van der Waals surface area contributed by atoms with Crippen LogP contribution < -0.4 is 10.1 Å². The number of hydrogen-bond acceptors (Lipinski definition) is 4.